The number of rotatable bonds is 8. The maximum atomic E-state index is 12.2. The molecule has 0 bridgehead atoms. The molecule has 2 heterocycles. The van der Waals surface area contributed by atoms with E-state index in [0.29, 0.717) is 18.7 Å². The number of nitrogens with zero attached hydrogens (tertiary/aromatic N) is 1. The fraction of sp³-hybridized carbons (Fsp3) is 0.222. The van der Waals surface area contributed by atoms with Crippen LogP contribution in [0.25, 0.3) is 0 Å². The van der Waals surface area contributed by atoms with E-state index >= 15 is 0 Å². The molecule has 0 fully saturated rings. The molecule has 0 radical (unpaired) electrons. The SMILES string of the molecule is Cc1nc(CCNC(=O)Cc2ccc(NS(=O)(=O)c3cccs3)cc2)cs1. The summed E-state index contributed by atoms with van der Waals surface area (Å²) in [6.07, 6.45) is 0.952. The quantitative estimate of drug-likeness (QED) is 0.585. The lowest BCUT2D eigenvalue weighted by Crippen LogP contribution is -2.27. The number of aryl methyl sites for hydroxylation is 1. The molecule has 3 aromatic rings. The van der Waals surface area contributed by atoms with Gasteiger partial charge in [-0.25, -0.2) is 13.4 Å². The van der Waals surface area contributed by atoms with Crippen molar-refractivity contribution in [2.75, 3.05) is 11.3 Å². The van der Waals surface area contributed by atoms with E-state index in [1.165, 1.54) is 0 Å². The molecule has 0 unspecified atom stereocenters. The number of hydrogen-bond acceptors (Lipinski definition) is 6. The number of carbonyl (C=O) groups excluding carboxylic acids is 1. The number of aromatic nitrogens is 1. The van der Waals surface area contributed by atoms with E-state index in [1.54, 1.807) is 53.1 Å². The van der Waals surface area contributed by atoms with Crippen LogP contribution in [0, 0.1) is 6.92 Å². The van der Waals surface area contributed by atoms with Gasteiger partial charge in [-0.2, -0.15) is 0 Å². The number of anilines is 1. The Kier molecular flexibility index (Phi) is 6.25. The van der Waals surface area contributed by atoms with Crippen molar-refractivity contribution in [2.45, 2.75) is 24.0 Å². The van der Waals surface area contributed by atoms with Crippen LogP contribution in [0.15, 0.2) is 51.4 Å². The molecule has 2 aromatic heterocycles. The van der Waals surface area contributed by atoms with Crippen molar-refractivity contribution in [2.24, 2.45) is 0 Å². The summed E-state index contributed by atoms with van der Waals surface area (Å²) in [6, 6.07) is 10.1. The maximum absolute atomic E-state index is 12.2. The van der Waals surface area contributed by atoms with Crippen molar-refractivity contribution >= 4 is 44.3 Å². The van der Waals surface area contributed by atoms with Crippen LogP contribution in [-0.4, -0.2) is 25.9 Å². The van der Waals surface area contributed by atoms with Gasteiger partial charge in [0.2, 0.25) is 5.91 Å². The second-order valence-electron chi connectivity index (χ2n) is 5.87. The predicted octanol–water partition coefficient (Wildman–Crippen LogP) is 3.22. The molecule has 6 nitrogen and oxygen atoms in total. The highest BCUT2D eigenvalue weighted by molar-refractivity contribution is 7.94. The Morgan fingerprint density at radius 1 is 1.15 bits per heavy atom. The lowest BCUT2D eigenvalue weighted by Gasteiger charge is -2.08. The molecule has 0 saturated heterocycles. The molecular formula is C18H19N3O3S3. The number of nitrogens with one attached hydrogen (secondary N) is 2. The predicted molar refractivity (Wildman–Crippen MR) is 109 cm³/mol. The third kappa shape index (κ3) is 5.62. The number of hydrogen-bond donors (Lipinski definition) is 2. The van der Waals surface area contributed by atoms with Gasteiger partial charge in [0.15, 0.2) is 0 Å². The van der Waals surface area contributed by atoms with Crippen molar-refractivity contribution in [3.8, 4) is 0 Å². The van der Waals surface area contributed by atoms with E-state index in [-0.39, 0.29) is 16.5 Å². The molecule has 9 heteroatoms. The molecule has 27 heavy (non-hydrogen) atoms. The second-order valence-corrected chi connectivity index (χ2v) is 9.79. The molecule has 0 aliphatic carbocycles. The highest BCUT2D eigenvalue weighted by Crippen LogP contribution is 2.20. The summed E-state index contributed by atoms with van der Waals surface area (Å²) in [5, 5.41) is 7.61. The number of benzene rings is 1. The Labute approximate surface area is 166 Å². The number of thiazole rings is 1. The fourth-order valence-corrected chi connectivity index (χ4v) is 5.11. The Morgan fingerprint density at radius 3 is 2.56 bits per heavy atom. The van der Waals surface area contributed by atoms with E-state index in [9.17, 15) is 13.2 Å². The molecule has 142 valence electrons. The van der Waals surface area contributed by atoms with Crippen molar-refractivity contribution in [3.63, 3.8) is 0 Å². The van der Waals surface area contributed by atoms with Gasteiger partial charge in [-0.3, -0.25) is 9.52 Å². The lowest BCUT2D eigenvalue weighted by atomic mass is 10.1. The molecule has 0 aliphatic heterocycles. The highest BCUT2D eigenvalue weighted by Gasteiger charge is 2.15. The van der Waals surface area contributed by atoms with Crippen LogP contribution < -0.4 is 10.0 Å². The summed E-state index contributed by atoms with van der Waals surface area (Å²) in [5.41, 5.74) is 2.27. The second kappa shape index (κ2) is 8.64. The van der Waals surface area contributed by atoms with Gasteiger partial charge in [0, 0.05) is 24.0 Å². The monoisotopic (exact) mass is 421 g/mol. The molecule has 0 spiro atoms. The Morgan fingerprint density at radius 2 is 1.93 bits per heavy atom. The smallest absolute Gasteiger partial charge is 0.271 e. The first-order valence-corrected chi connectivity index (χ1v) is 11.5. The van der Waals surface area contributed by atoms with Crippen LogP contribution in [0.4, 0.5) is 5.69 Å². The summed E-state index contributed by atoms with van der Waals surface area (Å²) in [4.78, 5) is 16.4. The van der Waals surface area contributed by atoms with Gasteiger partial charge in [-0.05, 0) is 36.1 Å². The zero-order valence-corrected chi connectivity index (χ0v) is 17.1. The number of amides is 1. The normalized spacial score (nSPS) is 11.3. The Hall–Kier alpha value is -2.23. The van der Waals surface area contributed by atoms with E-state index in [0.717, 1.165) is 27.6 Å². The fourth-order valence-electron chi connectivity index (χ4n) is 2.41. The largest absolute Gasteiger partial charge is 0.355 e. The van der Waals surface area contributed by atoms with E-state index in [4.69, 9.17) is 0 Å². The highest BCUT2D eigenvalue weighted by atomic mass is 32.2. The average Bonchev–Trinajstić information content (AvgIpc) is 3.29. The van der Waals surface area contributed by atoms with Gasteiger partial charge in [-0.15, -0.1) is 22.7 Å². The zero-order chi connectivity index (χ0) is 19.3. The van der Waals surface area contributed by atoms with E-state index < -0.39 is 10.0 Å². The minimum Gasteiger partial charge on any atom is -0.355 e. The third-order valence-electron chi connectivity index (χ3n) is 3.70. The molecular weight excluding hydrogens is 402 g/mol. The van der Waals surface area contributed by atoms with Crippen molar-refractivity contribution in [1.82, 2.24) is 10.3 Å². The molecule has 0 aliphatic rings. The van der Waals surface area contributed by atoms with Crippen LogP contribution in [0.2, 0.25) is 0 Å². The summed E-state index contributed by atoms with van der Waals surface area (Å²) >= 11 is 2.76. The minimum absolute atomic E-state index is 0.0751. The van der Waals surface area contributed by atoms with Crippen LogP contribution in [-0.2, 0) is 27.7 Å². The van der Waals surface area contributed by atoms with Crippen LogP contribution in [0.1, 0.15) is 16.3 Å². The van der Waals surface area contributed by atoms with Crippen LogP contribution in [0.5, 0.6) is 0 Å². The Balaban J connectivity index is 1.49. The first kappa shape index (κ1) is 19.5. The van der Waals surface area contributed by atoms with Gasteiger partial charge in [0.25, 0.3) is 10.0 Å². The molecule has 2 N–H and O–H groups in total. The first-order chi connectivity index (χ1) is 12.9. The summed E-state index contributed by atoms with van der Waals surface area (Å²) in [6.45, 7) is 2.50. The molecule has 1 aromatic carbocycles. The molecule has 1 amide bonds. The topological polar surface area (TPSA) is 88.2 Å². The van der Waals surface area contributed by atoms with E-state index in [1.807, 2.05) is 12.3 Å². The lowest BCUT2D eigenvalue weighted by molar-refractivity contribution is -0.120. The van der Waals surface area contributed by atoms with Gasteiger partial charge < -0.3 is 5.32 Å². The number of sulfonamides is 1. The first-order valence-electron chi connectivity index (χ1n) is 8.25. The van der Waals surface area contributed by atoms with Gasteiger partial charge in [0.1, 0.15) is 4.21 Å². The van der Waals surface area contributed by atoms with Crippen molar-refractivity contribution in [1.29, 1.82) is 0 Å². The maximum Gasteiger partial charge on any atom is 0.271 e. The van der Waals surface area contributed by atoms with Crippen molar-refractivity contribution in [3.05, 3.63) is 63.4 Å². The van der Waals surface area contributed by atoms with Crippen LogP contribution in [0.3, 0.4) is 0 Å². The summed E-state index contributed by atoms with van der Waals surface area (Å²) in [5.74, 6) is -0.0751. The van der Waals surface area contributed by atoms with E-state index in [2.05, 4.69) is 15.0 Å². The van der Waals surface area contributed by atoms with Crippen molar-refractivity contribution < 1.29 is 13.2 Å². The molecule has 3 rings (SSSR count). The molecule has 0 saturated carbocycles. The van der Waals surface area contributed by atoms with Gasteiger partial charge >= 0.3 is 0 Å². The number of thiophene rings is 1. The summed E-state index contributed by atoms with van der Waals surface area (Å²) in [7, 11) is -3.56. The Bertz CT molecular complexity index is 994. The van der Waals surface area contributed by atoms with Gasteiger partial charge in [0.05, 0.1) is 17.1 Å². The van der Waals surface area contributed by atoms with Crippen LogP contribution >= 0.6 is 22.7 Å². The minimum atomic E-state index is -3.56. The zero-order valence-electron chi connectivity index (χ0n) is 14.6. The third-order valence-corrected chi connectivity index (χ3v) is 7.30. The van der Waals surface area contributed by atoms with Gasteiger partial charge in [-0.1, -0.05) is 18.2 Å². The average molecular weight is 422 g/mol. The standard InChI is InChI=1S/C18H19N3O3S3/c1-13-20-16(12-26-13)8-9-19-17(22)11-14-4-6-15(7-5-14)21-27(23,24)18-3-2-10-25-18/h2-7,10,12,21H,8-9,11H2,1H3,(H,19,22). The summed E-state index contributed by atoms with van der Waals surface area (Å²) < 4.78 is 27.2. The molecule has 0 atom stereocenters. The number of carbonyl (C=O) groups is 1.